The van der Waals surface area contributed by atoms with Crippen molar-refractivity contribution in [2.75, 3.05) is 0 Å². The van der Waals surface area contributed by atoms with Crippen molar-refractivity contribution in [3.63, 3.8) is 0 Å². The van der Waals surface area contributed by atoms with Crippen LogP contribution in [0.4, 0.5) is 0 Å². The molecule has 0 aromatic heterocycles. The lowest BCUT2D eigenvalue weighted by molar-refractivity contribution is 0.318. The Hall–Kier alpha value is -2.04. The molecule has 0 heterocycles. The molecule has 5 heteroatoms. The van der Waals surface area contributed by atoms with Gasteiger partial charge in [0.15, 0.2) is 5.84 Å². The third-order valence-electron chi connectivity index (χ3n) is 2.91. The van der Waals surface area contributed by atoms with Gasteiger partial charge in [-0.1, -0.05) is 35.4 Å². The van der Waals surface area contributed by atoms with E-state index in [4.69, 9.17) is 16.1 Å². The standard InChI is InChI=1S/C11H13N3O2/c1-6-5-9(13-15)7-3-2-4-8(10(6)7)11(12)14-16/h2-4,6,15-16H,5H2,1H3,(H2,12,14). The summed E-state index contributed by atoms with van der Waals surface area (Å²) in [5.41, 5.74) is 8.81. The van der Waals surface area contributed by atoms with E-state index in [-0.39, 0.29) is 11.8 Å². The quantitative estimate of drug-likeness (QED) is 0.289. The molecule has 0 amide bonds. The van der Waals surface area contributed by atoms with Gasteiger partial charge in [-0.25, -0.2) is 0 Å². The topological polar surface area (TPSA) is 91.2 Å². The third kappa shape index (κ3) is 1.41. The maximum absolute atomic E-state index is 8.89. The van der Waals surface area contributed by atoms with E-state index in [9.17, 15) is 0 Å². The maximum Gasteiger partial charge on any atom is 0.170 e. The Morgan fingerprint density at radius 1 is 1.44 bits per heavy atom. The average molecular weight is 219 g/mol. The highest BCUT2D eigenvalue weighted by molar-refractivity contribution is 6.09. The number of oxime groups is 2. The van der Waals surface area contributed by atoms with E-state index in [2.05, 4.69) is 10.3 Å². The monoisotopic (exact) mass is 219 g/mol. The zero-order valence-electron chi connectivity index (χ0n) is 8.88. The van der Waals surface area contributed by atoms with Gasteiger partial charge in [0.1, 0.15) is 0 Å². The molecule has 0 fully saturated rings. The number of fused-ring (bicyclic) bond motifs is 1. The molecule has 1 aliphatic rings. The van der Waals surface area contributed by atoms with E-state index in [0.29, 0.717) is 17.7 Å². The molecule has 0 radical (unpaired) electrons. The van der Waals surface area contributed by atoms with Gasteiger partial charge in [-0.2, -0.15) is 0 Å². The number of amidine groups is 1. The van der Waals surface area contributed by atoms with Gasteiger partial charge in [0, 0.05) is 17.5 Å². The zero-order valence-corrected chi connectivity index (χ0v) is 8.88. The minimum atomic E-state index is 0.0860. The Morgan fingerprint density at radius 3 is 2.81 bits per heavy atom. The fourth-order valence-corrected chi connectivity index (χ4v) is 2.22. The Bertz CT molecular complexity index is 480. The molecule has 0 saturated heterocycles. The first-order valence-electron chi connectivity index (χ1n) is 5.01. The van der Waals surface area contributed by atoms with E-state index in [1.165, 1.54) is 0 Å². The van der Waals surface area contributed by atoms with E-state index in [1.54, 1.807) is 12.1 Å². The van der Waals surface area contributed by atoms with Gasteiger partial charge in [-0.3, -0.25) is 0 Å². The predicted octanol–water partition coefficient (Wildman–Crippen LogP) is 1.47. The third-order valence-corrected chi connectivity index (χ3v) is 2.91. The minimum Gasteiger partial charge on any atom is -0.411 e. The number of rotatable bonds is 1. The first-order valence-corrected chi connectivity index (χ1v) is 5.01. The molecule has 0 saturated carbocycles. The van der Waals surface area contributed by atoms with Crippen molar-refractivity contribution in [2.24, 2.45) is 16.0 Å². The summed E-state index contributed by atoms with van der Waals surface area (Å²) in [5.74, 6) is 0.292. The summed E-state index contributed by atoms with van der Waals surface area (Å²) in [6.45, 7) is 2.02. The Balaban J connectivity index is 2.66. The molecule has 1 aromatic rings. The summed E-state index contributed by atoms with van der Waals surface area (Å²) >= 11 is 0. The predicted molar refractivity (Wildman–Crippen MR) is 60.3 cm³/mol. The average Bonchev–Trinajstić information content (AvgIpc) is 2.65. The van der Waals surface area contributed by atoms with Crippen LogP contribution >= 0.6 is 0 Å². The van der Waals surface area contributed by atoms with Crippen LogP contribution in [0.5, 0.6) is 0 Å². The fourth-order valence-electron chi connectivity index (χ4n) is 2.22. The van der Waals surface area contributed by atoms with Crippen LogP contribution in [0.15, 0.2) is 28.5 Å². The largest absolute Gasteiger partial charge is 0.411 e. The molecule has 1 atom stereocenters. The molecule has 1 aromatic carbocycles. The van der Waals surface area contributed by atoms with Crippen molar-refractivity contribution in [3.8, 4) is 0 Å². The summed E-state index contributed by atoms with van der Waals surface area (Å²) in [6, 6.07) is 5.47. The Morgan fingerprint density at radius 2 is 2.19 bits per heavy atom. The van der Waals surface area contributed by atoms with Crippen LogP contribution in [0.2, 0.25) is 0 Å². The van der Waals surface area contributed by atoms with Crippen LogP contribution in [0.1, 0.15) is 36.0 Å². The van der Waals surface area contributed by atoms with E-state index in [1.807, 2.05) is 13.0 Å². The maximum atomic E-state index is 8.89. The summed E-state index contributed by atoms with van der Waals surface area (Å²) in [6.07, 6.45) is 0.668. The van der Waals surface area contributed by atoms with Crippen molar-refractivity contribution in [1.29, 1.82) is 0 Å². The molecule has 1 aliphatic carbocycles. The second-order valence-corrected chi connectivity index (χ2v) is 3.90. The summed E-state index contributed by atoms with van der Waals surface area (Å²) in [5, 5.41) is 23.9. The second kappa shape index (κ2) is 3.84. The number of benzene rings is 1. The van der Waals surface area contributed by atoms with Gasteiger partial charge >= 0.3 is 0 Å². The molecule has 84 valence electrons. The molecule has 5 nitrogen and oxygen atoms in total. The van der Waals surface area contributed by atoms with Gasteiger partial charge in [-0.05, 0) is 11.5 Å². The molecule has 16 heavy (non-hydrogen) atoms. The molecular formula is C11H13N3O2. The molecule has 1 unspecified atom stereocenters. The van der Waals surface area contributed by atoms with Crippen LogP contribution < -0.4 is 5.73 Å². The van der Waals surface area contributed by atoms with Crippen LogP contribution in [0.25, 0.3) is 0 Å². The van der Waals surface area contributed by atoms with Crippen LogP contribution in [0, 0.1) is 0 Å². The van der Waals surface area contributed by atoms with Crippen LogP contribution in [-0.4, -0.2) is 22.0 Å². The van der Waals surface area contributed by atoms with Gasteiger partial charge in [0.05, 0.1) is 5.71 Å². The van der Waals surface area contributed by atoms with Gasteiger partial charge < -0.3 is 16.1 Å². The first-order chi connectivity index (χ1) is 7.69. The SMILES string of the molecule is CC1CC(=NO)c2cccc(C(N)=NO)c21. The number of nitrogens with two attached hydrogens (primary N) is 1. The number of nitrogens with zero attached hydrogens (tertiary/aromatic N) is 2. The smallest absolute Gasteiger partial charge is 0.170 e. The highest BCUT2D eigenvalue weighted by atomic mass is 16.4. The molecule has 4 N–H and O–H groups in total. The van der Waals surface area contributed by atoms with Crippen molar-refractivity contribution in [1.82, 2.24) is 0 Å². The van der Waals surface area contributed by atoms with Gasteiger partial charge in [0.25, 0.3) is 0 Å². The highest BCUT2D eigenvalue weighted by Gasteiger charge is 2.28. The Kier molecular flexibility index (Phi) is 2.52. The van der Waals surface area contributed by atoms with E-state index < -0.39 is 0 Å². The first kappa shape index (κ1) is 10.5. The summed E-state index contributed by atoms with van der Waals surface area (Å²) < 4.78 is 0. The highest BCUT2D eigenvalue weighted by Crippen LogP contribution is 2.35. The lowest BCUT2D eigenvalue weighted by Gasteiger charge is -2.09. The molecule has 2 rings (SSSR count). The molecule has 0 bridgehead atoms. The van der Waals surface area contributed by atoms with E-state index >= 15 is 0 Å². The van der Waals surface area contributed by atoms with Crippen molar-refractivity contribution in [2.45, 2.75) is 19.3 Å². The number of hydrogen-bond acceptors (Lipinski definition) is 4. The van der Waals surface area contributed by atoms with Gasteiger partial charge in [-0.15, -0.1) is 0 Å². The van der Waals surface area contributed by atoms with Crippen LogP contribution in [0.3, 0.4) is 0 Å². The van der Waals surface area contributed by atoms with Gasteiger partial charge in [0.2, 0.25) is 0 Å². The number of hydrogen-bond donors (Lipinski definition) is 3. The summed E-state index contributed by atoms with van der Waals surface area (Å²) in [4.78, 5) is 0. The lowest BCUT2D eigenvalue weighted by atomic mass is 9.96. The van der Waals surface area contributed by atoms with E-state index in [0.717, 1.165) is 11.1 Å². The van der Waals surface area contributed by atoms with Crippen molar-refractivity contribution in [3.05, 3.63) is 34.9 Å². The van der Waals surface area contributed by atoms with Crippen molar-refractivity contribution < 1.29 is 10.4 Å². The summed E-state index contributed by atoms with van der Waals surface area (Å²) in [7, 11) is 0. The normalized spacial score (nSPS) is 22.4. The fraction of sp³-hybridized carbons (Fsp3) is 0.273. The molecular weight excluding hydrogens is 206 g/mol. The zero-order chi connectivity index (χ0) is 11.7. The molecule has 0 aliphatic heterocycles. The van der Waals surface area contributed by atoms with Crippen molar-refractivity contribution >= 4 is 11.5 Å². The van der Waals surface area contributed by atoms with Crippen LogP contribution in [-0.2, 0) is 0 Å². The lowest BCUT2D eigenvalue weighted by Crippen LogP contribution is -2.16. The minimum absolute atomic E-state index is 0.0860. The molecule has 0 spiro atoms. The second-order valence-electron chi connectivity index (χ2n) is 3.90. The Labute approximate surface area is 92.9 Å².